The minimum Gasteiger partial charge on any atom is -0.381 e. The van der Waals surface area contributed by atoms with Crippen molar-refractivity contribution in [2.24, 2.45) is 10.9 Å². The number of nitrogens with zero attached hydrogens (tertiary/aromatic N) is 4. The second kappa shape index (κ2) is 9.17. The number of rotatable bonds is 3. The van der Waals surface area contributed by atoms with Gasteiger partial charge in [0.05, 0.1) is 46.4 Å². The molecule has 0 amide bonds. The van der Waals surface area contributed by atoms with Crippen LogP contribution in [0, 0.1) is 28.6 Å². The van der Waals surface area contributed by atoms with Crippen molar-refractivity contribution in [3.05, 3.63) is 120 Å². The standard InChI is InChI=1S/C34H23N5/c35-20-22-12-14-37-30(16-22)24-10-11-28-32(18-24)39(25-6-2-1-3-7-25)33-19-29(31-17-23(21-36)13-15-38-31)26-8-4-5-9-27(26)34(28)33/h1-12,14-19,23,30,37H,13H2. The first-order valence-electron chi connectivity index (χ1n) is 13.0. The van der Waals surface area contributed by atoms with Crippen molar-refractivity contribution in [2.75, 3.05) is 0 Å². The van der Waals surface area contributed by atoms with Crippen molar-refractivity contribution >= 4 is 44.5 Å². The lowest BCUT2D eigenvalue weighted by Crippen LogP contribution is -2.16. The molecule has 39 heavy (non-hydrogen) atoms. The van der Waals surface area contributed by atoms with E-state index in [0.29, 0.717) is 12.0 Å². The summed E-state index contributed by atoms with van der Waals surface area (Å²) in [4.78, 5) is 4.73. The van der Waals surface area contributed by atoms with Crippen LogP contribution in [0.5, 0.6) is 0 Å². The topological polar surface area (TPSA) is 76.9 Å². The van der Waals surface area contributed by atoms with E-state index in [2.05, 4.69) is 94.8 Å². The maximum atomic E-state index is 9.60. The molecule has 2 aliphatic heterocycles. The van der Waals surface area contributed by atoms with E-state index in [-0.39, 0.29) is 12.0 Å². The number of hydrogen-bond donors (Lipinski definition) is 1. The van der Waals surface area contributed by atoms with Gasteiger partial charge in [0, 0.05) is 34.7 Å². The molecule has 1 N–H and O–H groups in total. The van der Waals surface area contributed by atoms with Crippen LogP contribution in [-0.2, 0) is 0 Å². The van der Waals surface area contributed by atoms with Gasteiger partial charge in [0.15, 0.2) is 0 Å². The summed E-state index contributed by atoms with van der Waals surface area (Å²) in [6.45, 7) is 0. The highest BCUT2D eigenvalue weighted by atomic mass is 15.0. The quantitative estimate of drug-likeness (QED) is 0.278. The van der Waals surface area contributed by atoms with Crippen LogP contribution in [0.2, 0.25) is 0 Å². The van der Waals surface area contributed by atoms with Crippen molar-refractivity contribution in [1.82, 2.24) is 9.88 Å². The lowest BCUT2D eigenvalue weighted by molar-refractivity contribution is 0.743. The molecule has 2 unspecified atom stereocenters. The van der Waals surface area contributed by atoms with Gasteiger partial charge in [0.2, 0.25) is 0 Å². The number of hydrogen-bond acceptors (Lipinski definition) is 4. The Balaban J connectivity index is 1.57. The number of dihydropyridines is 1. The summed E-state index contributed by atoms with van der Waals surface area (Å²) in [7, 11) is 0. The predicted octanol–water partition coefficient (Wildman–Crippen LogP) is 7.50. The van der Waals surface area contributed by atoms with Crippen LogP contribution in [0.15, 0.2) is 114 Å². The van der Waals surface area contributed by atoms with E-state index in [9.17, 15) is 10.5 Å². The molecular weight excluding hydrogens is 478 g/mol. The summed E-state index contributed by atoms with van der Waals surface area (Å²) >= 11 is 0. The first kappa shape index (κ1) is 22.8. The zero-order chi connectivity index (χ0) is 26.3. The molecule has 3 heterocycles. The third-order valence-corrected chi connectivity index (χ3v) is 7.57. The van der Waals surface area contributed by atoms with Gasteiger partial charge in [-0.15, -0.1) is 0 Å². The summed E-state index contributed by atoms with van der Waals surface area (Å²) in [5.41, 5.74) is 6.84. The van der Waals surface area contributed by atoms with Gasteiger partial charge < -0.3 is 9.88 Å². The molecule has 0 fully saturated rings. The van der Waals surface area contributed by atoms with Crippen molar-refractivity contribution in [3.8, 4) is 17.8 Å². The Kier molecular flexibility index (Phi) is 5.36. The minimum atomic E-state index is -0.183. The Morgan fingerprint density at radius 3 is 2.49 bits per heavy atom. The molecule has 5 heteroatoms. The molecule has 5 aromatic rings. The molecule has 0 bridgehead atoms. The summed E-state index contributed by atoms with van der Waals surface area (Å²) < 4.78 is 2.31. The first-order chi connectivity index (χ1) is 19.2. The van der Waals surface area contributed by atoms with Gasteiger partial charge in [-0.2, -0.15) is 10.5 Å². The van der Waals surface area contributed by atoms with Gasteiger partial charge in [-0.1, -0.05) is 54.6 Å². The second-order valence-corrected chi connectivity index (χ2v) is 9.86. The van der Waals surface area contributed by atoms with Crippen LogP contribution in [-0.4, -0.2) is 10.8 Å². The Labute approximate surface area is 225 Å². The third kappa shape index (κ3) is 3.72. The van der Waals surface area contributed by atoms with E-state index in [1.165, 1.54) is 5.39 Å². The monoisotopic (exact) mass is 501 g/mol. The van der Waals surface area contributed by atoms with Gasteiger partial charge >= 0.3 is 0 Å². The zero-order valence-electron chi connectivity index (χ0n) is 21.0. The molecular formula is C34H23N5. The van der Waals surface area contributed by atoms with Gasteiger partial charge in [-0.25, -0.2) is 0 Å². The number of para-hydroxylation sites is 1. The number of nitriles is 2. The smallest absolute Gasteiger partial charge is 0.0989 e. The maximum Gasteiger partial charge on any atom is 0.0989 e. The summed E-state index contributed by atoms with van der Waals surface area (Å²) in [6.07, 6.45) is 10.1. The summed E-state index contributed by atoms with van der Waals surface area (Å²) in [5, 5.41) is 27.0. The highest BCUT2D eigenvalue weighted by Gasteiger charge is 2.21. The molecule has 0 spiro atoms. The summed E-state index contributed by atoms with van der Waals surface area (Å²) in [5.74, 6) is -0.183. The van der Waals surface area contributed by atoms with Gasteiger partial charge in [0.25, 0.3) is 0 Å². The molecule has 0 radical (unpaired) electrons. The normalized spacial score (nSPS) is 18.4. The highest BCUT2D eigenvalue weighted by Crippen LogP contribution is 2.41. The Hall–Kier alpha value is -5.39. The number of aromatic nitrogens is 1. The average Bonchev–Trinajstić information content (AvgIpc) is 3.34. The van der Waals surface area contributed by atoms with Crippen molar-refractivity contribution in [1.29, 1.82) is 10.5 Å². The Morgan fingerprint density at radius 2 is 1.67 bits per heavy atom. The van der Waals surface area contributed by atoms with Crippen LogP contribution in [0.4, 0.5) is 0 Å². The fourth-order valence-corrected chi connectivity index (χ4v) is 5.76. The SMILES string of the molecule is N#CC1=CC(c2ccc3c4c5ccccc5c(C5=CC(C#N)CC=N5)cc4n(-c4ccccc4)c3c2)NC=C1. The number of benzene rings is 4. The Bertz CT molecular complexity index is 1990. The molecule has 0 saturated carbocycles. The van der Waals surface area contributed by atoms with E-state index in [0.717, 1.165) is 49.7 Å². The van der Waals surface area contributed by atoms with Crippen LogP contribution < -0.4 is 5.32 Å². The molecule has 7 rings (SSSR count). The van der Waals surface area contributed by atoms with Crippen molar-refractivity contribution < 1.29 is 0 Å². The lowest BCUT2D eigenvalue weighted by atomic mass is 9.94. The molecule has 2 aliphatic rings. The molecule has 2 atom stereocenters. The Morgan fingerprint density at radius 1 is 0.846 bits per heavy atom. The zero-order valence-corrected chi connectivity index (χ0v) is 21.0. The van der Waals surface area contributed by atoms with E-state index in [1.807, 2.05) is 30.6 Å². The molecule has 1 aromatic heterocycles. The van der Waals surface area contributed by atoms with Gasteiger partial charge in [-0.05, 0) is 65.0 Å². The van der Waals surface area contributed by atoms with E-state index in [4.69, 9.17) is 4.99 Å². The van der Waals surface area contributed by atoms with Crippen molar-refractivity contribution in [3.63, 3.8) is 0 Å². The third-order valence-electron chi connectivity index (χ3n) is 7.57. The number of fused-ring (bicyclic) bond motifs is 5. The minimum absolute atomic E-state index is 0.0896. The van der Waals surface area contributed by atoms with Gasteiger partial charge in [0.1, 0.15) is 0 Å². The fourth-order valence-electron chi connectivity index (χ4n) is 5.76. The highest BCUT2D eigenvalue weighted by molar-refractivity contribution is 6.23. The van der Waals surface area contributed by atoms with E-state index < -0.39 is 0 Å². The van der Waals surface area contributed by atoms with Crippen LogP contribution in [0.1, 0.15) is 23.6 Å². The molecule has 184 valence electrons. The molecule has 5 nitrogen and oxygen atoms in total. The van der Waals surface area contributed by atoms with E-state index in [1.54, 1.807) is 6.08 Å². The number of nitrogens with one attached hydrogen (secondary N) is 1. The second-order valence-electron chi connectivity index (χ2n) is 9.86. The summed E-state index contributed by atoms with van der Waals surface area (Å²) in [6, 6.07) is 32.2. The van der Waals surface area contributed by atoms with Gasteiger partial charge in [-0.3, -0.25) is 4.99 Å². The van der Waals surface area contributed by atoms with E-state index >= 15 is 0 Å². The first-order valence-corrected chi connectivity index (χ1v) is 13.0. The van der Waals surface area contributed by atoms with Crippen molar-refractivity contribution in [2.45, 2.75) is 12.5 Å². The fraction of sp³-hybridized carbons (Fsp3) is 0.0882. The molecule has 0 saturated heterocycles. The average molecular weight is 502 g/mol. The largest absolute Gasteiger partial charge is 0.381 e. The lowest BCUT2D eigenvalue weighted by Gasteiger charge is -2.18. The predicted molar refractivity (Wildman–Crippen MR) is 157 cm³/mol. The number of aliphatic imine (C=N–C) groups is 1. The maximum absolute atomic E-state index is 9.60. The number of allylic oxidation sites excluding steroid dienone is 3. The molecule has 4 aromatic carbocycles. The van der Waals surface area contributed by atoms with Crippen LogP contribution in [0.25, 0.3) is 44.0 Å². The van der Waals surface area contributed by atoms with Crippen LogP contribution >= 0.6 is 0 Å². The van der Waals surface area contributed by atoms with Crippen LogP contribution in [0.3, 0.4) is 0 Å². The molecule has 0 aliphatic carbocycles.